The van der Waals surface area contributed by atoms with E-state index >= 15 is 0 Å². The summed E-state index contributed by atoms with van der Waals surface area (Å²) in [7, 11) is 1.52. The predicted octanol–water partition coefficient (Wildman–Crippen LogP) is 4.05. The van der Waals surface area contributed by atoms with Crippen LogP contribution in [-0.4, -0.2) is 36.6 Å². The molecule has 4 heteroatoms. The first-order valence-corrected chi connectivity index (χ1v) is 9.55. The first-order chi connectivity index (χ1) is 11.2. The topological polar surface area (TPSA) is 29.5 Å². The van der Waals surface area contributed by atoms with E-state index in [0.717, 1.165) is 19.4 Å². The normalized spacial score (nSPS) is 30.7. The van der Waals surface area contributed by atoms with Gasteiger partial charge in [0.2, 0.25) is 0 Å². The molecule has 3 rings (SSSR count). The Morgan fingerprint density at radius 1 is 1.35 bits per heavy atom. The SMILES string of the molecule is COC(=O)[C@H]1[C@@H](c2ccc(C)cc2)C[C@@H]2CC[C@H]1N2C/C=C/[123I]. The van der Waals surface area contributed by atoms with Crippen LogP contribution in [0.1, 0.15) is 36.3 Å². The molecule has 23 heavy (non-hydrogen) atoms. The van der Waals surface area contributed by atoms with Gasteiger partial charge in [0, 0.05) is 24.5 Å². The van der Waals surface area contributed by atoms with E-state index in [-0.39, 0.29) is 17.8 Å². The maximum absolute atomic E-state index is 12.6. The fraction of sp³-hybridized carbons (Fsp3) is 0.526. The van der Waals surface area contributed by atoms with Crippen LogP contribution in [0.2, 0.25) is 0 Å². The van der Waals surface area contributed by atoms with E-state index in [1.165, 1.54) is 24.7 Å². The summed E-state index contributed by atoms with van der Waals surface area (Å²) in [5.41, 5.74) is 2.54. The Morgan fingerprint density at radius 2 is 2.09 bits per heavy atom. The number of hydrogen-bond donors (Lipinski definition) is 0. The molecule has 0 saturated carbocycles. The summed E-state index contributed by atoms with van der Waals surface area (Å²) < 4.78 is 7.25. The fourth-order valence-electron chi connectivity index (χ4n) is 4.37. The van der Waals surface area contributed by atoms with Gasteiger partial charge in [-0.25, -0.2) is 0 Å². The third-order valence-corrected chi connectivity index (χ3v) is 5.96. The summed E-state index contributed by atoms with van der Waals surface area (Å²) in [5, 5.41) is 0. The predicted molar refractivity (Wildman–Crippen MR) is 101 cm³/mol. The van der Waals surface area contributed by atoms with E-state index in [1.54, 1.807) is 0 Å². The first-order valence-electron chi connectivity index (χ1n) is 8.31. The zero-order valence-corrected chi connectivity index (χ0v) is 15.9. The highest BCUT2D eigenvalue weighted by atomic mass is 123. The number of benzene rings is 1. The minimum absolute atomic E-state index is 0.0515. The highest BCUT2D eigenvalue weighted by molar-refractivity contribution is 14.1. The van der Waals surface area contributed by atoms with Crippen molar-refractivity contribution in [3.8, 4) is 0 Å². The Labute approximate surface area is 152 Å². The number of halogens is 1. The maximum Gasteiger partial charge on any atom is 0.310 e. The minimum Gasteiger partial charge on any atom is -0.469 e. The van der Waals surface area contributed by atoms with E-state index < -0.39 is 0 Å². The van der Waals surface area contributed by atoms with E-state index in [1.807, 2.05) is 0 Å². The van der Waals surface area contributed by atoms with Crippen molar-refractivity contribution in [1.82, 2.24) is 4.90 Å². The van der Waals surface area contributed by atoms with Crippen molar-refractivity contribution >= 4 is 28.6 Å². The van der Waals surface area contributed by atoms with Crippen LogP contribution in [0.15, 0.2) is 34.4 Å². The van der Waals surface area contributed by atoms with Gasteiger partial charge in [0.15, 0.2) is 0 Å². The second-order valence-corrected chi connectivity index (χ2v) is 7.38. The number of esters is 1. The van der Waals surface area contributed by atoms with Gasteiger partial charge in [-0.15, -0.1) is 0 Å². The molecule has 1 aromatic carbocycles. The molecule has 2 bridgehead atoms. The van der Waals surface area contributed by atoms with Gasteiger partial charge in [-0.2, -0.15) is 0 Å². The van der Waals surface area contributed by atoms with Gasteiger partial charge < -0.3 is 4.74 Å². The Kier molecular flexibility index (Phi) is 5.42. The Morgan fingerprint density at radius 3 is 2.74 bits per heavy atom. The van der Waals surface area contributed by atoms with Crippen molar-refractivity contribution in [1.29, 1.82) is 0 Å². The third-order valence-electron chi connectivity index (χ3n) is 5.45. The number of carbonyl (C=O) groups excluding carboxylic acids is 1. The molecule has 4 atom stereocenters. The molecule has 0 N–H and O–H groups in total. The lowest BCUT2D eigenvalue weighted by atomic mass is 9.76. The lowest BCUT2D eigenvalue weighted by Gasteiger charge is -2.43. The van der Waals surface area contributed by atoms with Gasteiger partial charge >= 0.3 is 5.97 Å². The molecule has 2 heterocycles. The number of carbonyl (C=O) groups is 1. The summed E-state index contributed by atoms with van der Waals surface area (Å²) in [4.78, 5) is 15.1. The molecule has 124 valence electrons. The van der Waals surface area contributed by atoms with Crippen LogP contribution in [0.5, 0.6) is 0 Å². The Hall–Kier alpha value is -0.880. The number of piperidine rings is 1. The quantitative estimate of drug-likeness (QED) is 0.543. The number of aryl methyl sites for hydroxylation is 1. The average molecular weight is 421 g/mol. The fourth-order valence-corrected chi connectivity index (χ4v) is 4.60. The number of nitrogens with zero attached hydrogens (tertiary/aromatic N) is 1. The molecule has 2 aliphatic rings. The first kappa shape index (κ1) is 17.0. The molecule has 0 unspecified atom stereocenters. The molecule has 2 saturated heterocycles. The van der Waals surface area contributed by atoms with Gasteiger partial charge in [0.1, 0.15) is 0 Å². The number of hydrogen-bond acceptors (Lipinski definition) is 3. The van der Waals surface area contributed by atoms with E-state index in [2.05, 4.69) is 68.8 Å². The van der Waals surface area contributed by atoms with Gasteiger partial charge in [0.25, 0.3) is 0 Å². The van der Waals surface area contributed by atoms with Crippen LogP contribution in [0.3, 0.4) is 0 Å². The van der Waals surface area contributed by atoms with Crippen molar-refractivity contribution in [2.24, 2.45) is 5.92 Å². The van der Waals surface area contributed by atoms with Crippen LogP contribution in [0.25, 0.3) is 0 Å². The lowest BCUT2D eigenvalue weighted by Crippen LogP contribution is -2.50. The molecule has 1 aromatic rings. The zero-order valence-electron chi connectivity index (χ0n) is 13.7. The van der Waals surface area contributed by atoms with Gasteiger partial charge in [0.05, 0.1) is 13.0 Å². The standard InChI is InChI=1S/C19H24INO2/c1-13-4-6-14(7-5-13)16-12-15-8-9-17(18(16)19(22)23-2)21(15)11-3-10-20/h3-7,10,15-18H,8-9,11-12H2,1-2H3/b10-3+/t15-,16+,17+,18-/m0/s1/i20-4. The summed E-state index contributed by atoms with van der Waals surface area (Å²) >= 11 is 2.26. The summed E-state index contributed by atoms with van der Waals surface area (Å²) in [5.74, 6) is 0.175. The number of ether oxygens (including phenoxy) is 1. The lowest BCUT2D eigenvalue weighted by molar-refractivity contribution is -0.150. The molecule has 0 radical (unpaired) electrons. The molecule has 2 aliphatic heterocycles. The molecule has 0 aliphatic carbocycles. The molecule has 0 amide bonds. The number of methoxy groups -OCH3 is 1. The van der Waals surface area contributed by atoms with E-state index in [4.69, 9.17) is 4.74 Å². The minimum atomic E-state index is -0.0518. The highest BCUT2D eigenvalue weighted by Crippen LogP contribution is 2.47. The molecule has 2 fully saturated rings. The average Bonchev–Trinajstić information content (AvgIpc) is 2.84. The van der Waals surface area contributed by atoms with Crippen molar-refractivity contribution in [3.05, 3.63) is 45.6 Å². The second-order valence-electron chi connectivity index (χ2n) is 6.66. The number of fused-ring (bicyclic) bond motifs is 2. The van der Waals surface area contributed by atoms with Crippen molar-refractivity contribution < 1.29 is 9.53 Å². The second kappa shape index (κ2) is 7.34. The molecular weight excluding hydrogens is 397 g/mol. The monoisotopic (exact) mass is 421 g/mol. The summed E-state index contributed by atoms with van der Waals surface area (Å²) in [6.07, 6.45) is 5.53. The molecule has 0 aromatic heterocycles. The smallest absolute Gasteiger partial charge is 0.310 e. The van der Waals surface area contributed by atoms with Gasteiger partial charge in [-0.1, -0.05) is 58.5 Å². The van der Waals surface area contributed by atoms with Gasteiger partial charge in [-0.05, 0) is 35.8 Å². The summed E-state index contributed by atoms with van der Waals surface area (Å²) in [6, 6.07) is 9.57. The van der Waals surface area contributed by atoms with Gasteiger partial charge in [-0.3, -0.25) is 9.69 Å². The Bertz CT molecular complexity index is 584. The van der Waals surface area contributed by atoms with Crippen LogP contribution in [0, 0.1) is 12.8 Å². The molecule has 0 spiro atoms. The van der Waals surface area contributed by atoms with Crippen molar-refractivity contribution in [2.75, 3.05) is 13.7 Å². The van der Waals surface area contributed by atoms with Crippen molar-refractivity contribution in [2.45, 2.75) is 44.2 Å². The highest BCUT2D eigenvalue weighted by Gasteiger charge is 2.50. The zero-order chi connectivity index (χ0) is 16.4. The Balaban J connectivity index is 1.91. The third kappa shape index (κ3) is 3.33. The van der Waals surface area contributed by atoms with Crippen LogP contribution in [-0.2, 0) is 9.53 Å². The summed E-state index contributed by atoms with van der Waals surface area (Å²) in [6.45, 7) is 3.04. The number of rotatable bonds is 4. The molecular formula is C19H24INO2. The van der Waals surface area contributed by atoms with E-state index in [9.17, 15) is 4.79 Å². The van der Waals surface area contributed by atoms with Crippen LogP contribution < -0.4 is 0 Å². The largest absolute Gasteiger partial charge is 0.469 e. The van der Waals surface area contributed by atoms with Crippen LogP contribution >= 0.6 is 22.6 Å². The van der Waals surface area contributed by atoms with Crippen LogP contribution in [0.4, 0.5) is 0 Å². The maximum atomic E-state index is 12.6. The van der Waals surface area contributed by atoms with Crippen molar-refractivity contribution in [3.63, 3.8) is 0 Å². The van der Waals surface area contributed by atoms with E-state index in [0.29, 0.717) is 12.1 Å². The molecule has 3 nitrogen and oxygen atoms in total.